The van der Waals surface area contributed by atoms with E-state index in [1.54, 1.807) is 19.1 Å². The highest BCUT2D eigenvalue weighted by molar-refractivity contribution is 9.10. The average molecular weight is 337 g/mol. The van der Waals surface area contributed by atoms with E-state index in [4.69, 9.17) is 0 Å². The molecular weight excluding hydrogens is 323 g/mol. The Hall–Kier alpha value is -0.750. The molecule has 0 radical (unpaired) electrons. The van der Waals surface area contributed by atoms with Crippen LogP contribution < -0.4 is 0 Å². The van der Waals surface area contributed by atoms with E-state index >= 15 is 0 Å². The Bertz CT molecular complexity index is 465. The van der Waals surface area contributed by atoms with Gasteiger partial charge in [0.25, 0.3) is 0 Å². The monoisotopic (exact) mass is 336 g/mol. The van der Waals surface area contributed by atoms with E-state index in [0.29, 0.717) is 4.47 Å². The summed E-state index contributed by atoms with van der Waals surface area (Å²) in [5, 5.41) is -0.290. The van der Waals surface area contributed by atoms with E-state index in [-0.39, 0.29) is 29.2 Å². The molecule has 3 nitrogen and oxygen atoms in total. The van der Waals surface area contributed by atoms with Crippen LogP contribution in [0.2, 0.25) is 0 Å². The number of halogens is 2. The van der Waals surface area contributed by atoms with Crippen molar-refractivity contribution in [3.05, 3.63) is 34.1 Å². The topological polar surface area (TPSA) is 43.4 Å². The van der Waals surface area contributed by atoms with E-state index in [2.05, 4.69) is 20.7 Å². The summed E-state index contributed by atoms with van der Waals surface area (Å²) in [7, 11) is 0.104. The predicted molar refractivity (Wildman–Crippen MR) is 72.0 cm³/mol. The third kappa shape index (κ3) is 4.49. The molecule has 0 aliphatic heterocycles. The third-order valence-electron chi connectivity index (χ3n) is 2.42. The van der Waals surface area contributed by atoms with Crippen LogP contribution in [0, 0.1) is 5.82 Å². The van der Waals surface area contributed by atoms with Gasteiger partial charge in [0.05, 0.1) is 18.0 Å². The first-order chi connectivity index (χ1) is 8.43. The highest BCUT2D eigenvalue weighted by atomic mass is 79.9. The van der Waals surface area contributed by atoms with Gasteiger partial charge in [0.15, 0.2) is 0 Å². The number of carbonyl (C=O) groups excluding carboxylic acids is 1. The highest BCUT2D eigenvalue weighted by Gasteiger charge is 2.16. The first-order valence-electron chi connectivity index (χ1n) is 5.32. The fraction of sp³-hybridized carbons (Fsp3) is 0.417. The quantitative estimate of drug-likeness (QED) is 0.776. The molecule has 1 rings (SSSR count). The van der Waals surface area contributed by atoms with E-state index < -0.39 is 10.8 Å². The molecule has 6 heteroatoms. The molecule has 2 atom stereocenters. The van der Waals surface area contributed by atoms with Gasteiger partial charge in [-0.25, -0.2) is 4.39 Å². The van der Waals surface area contributed by atoms with E-state index in [9.17, 15) is 13.4 Å². The van der Waals surface area contributed by atoms with Crippen molar-refractivity contribution < 1.29 is 18.1 Å². The second kappa shape index (κ2) is 6.99. The zero-order valence-corrected chi connectivity index (χ0v) is 12.5. The molecule has 0 amide bonds. The van der Waals surface area contributed by atoms with Crippen molar-refractivity contribution in [2.45, 2.75) is 24.3 Å². The van der Waals surface area contributed by atoms with Crippen molar-refractivity contribution in [3.8, 4) is 0 Å². The molecule has 1 aromatic rings. The largest absolute Gasteiger partial charge is 0.469 e. The molecule has 2 unspecified atom stereocenters. The van der Waals surface area contributed by atoms with Crippen molar-refractivity contribution in [1.82, 2.24) is 0 Å². The van der Waals surface area contributed by atoms with E-state index in [1.165, 1.54) is 13.2 Å². The van der Waals surface area contributed by atoms with Crippen LogP contribution in [0.1, 0.15) is 18.9 Å². The molecule has 1 aromatic carbocycles. The summed E-state index contributed by atoms with van der Waals surface area (Å²) in [5.41, 5.74) is 0.762. The number of ether oxygens (including phenoxy) is 1. The maximum atomic E-state index is 13.0. The standard InChI is InChI=1S/C12H14BrFO3S/c1-8(5-12(15)17-2)18(16)7-9-3-4-11(14)10(13)6-9/h3-4,6,8H,5,7H2,1-2H3. The first kappa shape index (κ1) is 15.3. The van der Waals surface area contributed by atoms with Crippen molar-refractivity contribution in [2.75, 3.05) is 7.11 Å². The molecule has 0 heterocycles. The Balaban J connectivity index is 2.63. The molecule has 0 aliphatic rings. The Morgan fingerprint density at radius 2 is 2.22 bits per heavy atom. The van der Waals surface area contributed by atoms with Crippen molar-refractivity contribution in [1.29, 1.82) is 0 Å². The first-order valence-corrected chi connectivity index (χ1v) is 7.49. The number of benzene rings is 1. The number of hydrogen-bond acceptors (Lipinski definition) is 3. The molecule has 0 aliphatic carbocycles. The number of esters is 1. The SMILES string of the molecule is COC(=O)CC(C)S(=O)Cc1ccc(F)c(Br)c1. The second-order valence-electron chi connectivity index (χ2n) is 3.86. The zero-order valence-electron chi connectivity index (χ0n) is 10.1. The highest BCUT2D eigenvalue weighted by Crippen LogP contribution is 2.19. The predicted octanol–water partition coefficient (Wildman–Crippen LogP) is 2.79. The van der Waals surface area contributed by atoms with Crippen LogP contribution in [0.25, 0.3) is 0 Å². The van der Waals surface area contributed by atoms with Gasteiger partial charge in [-0.2, -0.15) is 0 Å². The van der Waals surface area contributed by atoms with Gasteiger partial charge < -0.3 is 4.74 Å². The fourth-order valence-electron chi connectivity index (χ4n) is 1.35. The van der Waals surface area contributed by atoms with Crippen LogP contribution in [0.3, 0.4) is 0 Å². The fourth-order valence-corrected chi connectivity index (χ4v) is 2.89. The Morgan fingerprint density at radius 3 is 2.78 bits per heavy atom. The molecule has 0 saturated heterocycles. The zero-order chi connectivity index (χ0) is 13.7. The second-order valence-corrected chi connectivity index (χ2v) is 6.57. The minimum absolute atomic E-state index is 0.117. The van der Waals surface area contributed by atoms with Crippen molar-refractivity contribution in [2.24, 2.45) is 0 Å². The van der Waals surface area contributed by atoms with Gasteiger partial charge in [0.1, 0.15) is 5.82 Å². The number of methoxy groups -OCH3 is 1. The number of rotatable bonds is 5. The van der Waals surface area contributed by atoms with Crippen LogP contribution in [0.15, 0.2) is 22.7 Å². The summed E-state index contributed by atoms with van der Waals surface area (Å²) in [5.74, 6) is -0.444. The van der Waals surface area contributed by atoms with Gasteiger partial charge in [-0.3, -0.25) is 9.00 Å². The maximum Gasteiger partial charge on any atom is 0.306 e. The molecule has 18 heavy (non-hydrogen) atoms. The normalized spacial score (nSPS) is 14.0. The Morgan fingerprint density at radius 1 is 1.56 bits per heavy atom. The van der Waals surface area contributed by atoms with Gasteiger partial charge in [-0.1, -0.05) is 13.0 Å². The maximum absolute atomic E-state index is 13.0. The summed E-state index contributed by atoms with van der Waals surface area (Å²) >= 11 is 3.08. The minimum Gasteiger partial charge on any atom is -0.469 e. The van der Waals surface area contributed by atoms with E-state index in [0.717, 1.165) is 5.56 Å². The molecule has 100 valence electrons. The van der Waals surface area contributed by atoms with Gasteiger partial charge in [0, 0.05) is 21.8 Å². The summed E-state index contributed by atoms with van der Waals surface area (Å²) in [6, 6.07) is 4.50. The van der Waals surface area contributed by atoms with Crippen molar-refractivity contribution >= 4 is 32.7 Å². The summed E-state index contributed by atoms with van der Waals surface area (Å²) in [6.45, 7) is 1.73. The van der Waals surface area contributed by atoms with Crippen LogP contribution >= 0.6 is 15.9 Å². The lowest BCUT2D eigenvalue weighted by molar-refractivity contribution is -0.140. The molecule has 0 N–H and O–H groups in total. The summed E-state index contributed by atoms with van der Waals surface area (Å²) in [4.78, 5) is 11.1. The molecule has 0 bridgehead atoms. The van der Waals surface area contributed by atoms with Crippen LogP contribution in [0.5, 0.6) is 0 Å². The van der Waals surface area contributed by atoms with Crippen LogP contribution in [-0.4, -0.2) is 22.5 Å². The Kier molecular flexibility index (Phi) is 5.95. The van der Waals surface area contributed by atoms with Gasteiger partial charge in [-0.05, 0) is 33.6 Å². The Labute approximate surface area is 116 Å². The van der Waals surface area contributed by atoms with Gasteiger partial charge >= 0.3 is 5.97 Å². The smallest absolute Gasteiger partial charge is 0.306 e. The van der Waals surface area contributed by atoms with E-state index in [1.807, 2.05) is 0 Å². The van der Waals surface area contributed by atoms with Gasteiger partial charge in [-0.15, -0.1) is 0 Å². The summed E-state index contributed by atoms with van der Waals surface area (Å²) in [6.07, 6.45) is 0.117. The lowest BCUT2D eigenvalue weighted by atomic mass is 10.2. The lowest BCUT2D eigenvalue weighted by Crippen LogP contribution is -2.18. The third-order valence-corrected chi connectivity index (χ3v) is 4.71. The minimum atomic E-state index is -1.20. The molecule has 0 aromatic heterocycles. The number of hydrogen-bond donors (Lipinski definition) is 0. The summed E-state index contributed by atoms with van der Waals surface area (Å²) < 4.78 is 29.9. The van der Waals surface area contributed by atoms with Crippen molar-refractivity contribution in [3.63, 3.8) is 0 Å². The van der Waals surface area contributed by atoms with Crippen LogP contribution in [0.4, 0.5) is 4.39 Å². The molecule has 0 spiro atoms. The van der Waals surface area contributed by atoms with Crippen LogP contribution in [-0.2, 0) is 26.1 Å². The van der Waals surface area contributed by atoms with Gasteiger partial charge in [0.2, 0.25) is 0 Å². The molecule has 0 saturated carbocycles. The number of carbonyl (C=O) groups is 1. The average Bonchev–Trinajstić information content (AvgIpc) is 2.33. The molecular formula is C12H14BrFO3S. The lowest BCUT2D eigenvalue weighted by Gasteiger charge is -2.10. The molecule has 0 fully saturated rings.